The second-order valence-corrected chi connectivity index (χ2v) is 6.23. The molecule has 1 amide bonds. The third kappa shape index (κ3) is 4.03. The first-order chi connectivity index (χ1) is 9.90. The Morgan fingerprint density at radius 2 is 2.24 bits per heavy atom. The predicted molar refractivity (Wildman–Crippen MR) is 78.4 cm³/mol. The molecule has 0 atom stereocenters. The van der Waals surface area contributed by atoms with Crippen LogP contribution >= 0.6 is 11.8 Å². The van der Waals surface area contributed by atoms with Crippen LogP contribution in [0.1, 0.15) is 5.56 Å². The van der Waals surface area contributed by atoms with Crippen molar-refractivity contribution in [1.82, 2.24) is 5.32 Å². The maximum atomic E-state index is 11.2. The topological polar surface area (TPSA) is 117 Å². The number of carbonyl (C=O) groups is 1. The normalized spacial score (nSPS) is 17.4. The van der Waals surface area contributed by atoms with Gasteiger partial charge in [-0.1, -0.05) is 11.8 Å². The van der Waals surface area contributed by atoms with Gasteiger partial charge in [-0.05, 0) is 23.8 Å². The van der Waals surface area contributed by atoms with Gasteiger partial charge in [0.2, 0.25) is 5.91 Å². The molecule has 112 valence electrons. The summed E-state index contributed by atoms with van der Waals surface area (Å²) < 4.78 is 36.5. The molecule has 1 heterocycles. The van der Waals surface area contributed by atoms with Gasteiger partial charge < -0.3 is 10.1 Å². The first kappa shape index (κ1) is 15.5. The molecule has 1 aliphatic rings. The lowest BCUT2D eigenvalue weighted by atomic mass is 10.2. The highest BCUT2D eigenvalue weighted by Gasteiger charge is 2.17. The van der Waals surface area contributed by atoms with Gasteiger partial charge in [0.25, 0.3) is 10.1 Å². The maximum absolute atomic E-state index is 11.2. The molecule has 1 saturated heterocycles. The molecule has 0 saturated carbocycles. The molecule has 21 heavy (non-hydrogen) atoms. The Hall–Kier alpha value is -1.91. The van der Waals surface area contributed by atoms with E-state index in [0.29, 0.717) is 16.5 Å². The quantitative estimate of drug-likeness (QED) is 0.472. The zero-order valence-corrected chi connectivity index (χ0v) is 12.4. The van der Waals surface area contributed by atoms with Crippen LogP contribution in [-0.4, -0.2) is 43.1 Å². The Kier molecular flexibility index (Phi) is 4.60. The third-order valence-electron chi connectivity index (χ3n) is 2.41. The zero-order chi connectivity index (χ0) is 15.5. The van der Waals surface area contributed by atoms with Gasteiger partial charge in [-0.2, -0.15) is 13.5 Å². The highest BCUT2D eigenvalue weighted by Crippen LogP contribution is 2.24. The predicted octanol–water partition coefficient (Wildman–Crippen LogP) is 0.495. The number of ether oxygens (including phenoxy) is 1. The van der Waals surface area contributed by atoms with Crippen LogP contribution in [0, 0.1) is 0 Å². The van der Waals surface area contributed by atoms with E-state index in [1.54, 1.807) is 6.07 Å². The van der Waals surface area contributed by atoms with Crippen molar-refractivity contribution in [2.75, 3.05) is 12.9 Å². The van der Waals surface area contributed by atoms with Crippen molar-refractivity contribution in [3.63, 3.8) is 0 Å². The van der Waals surface area contributed by atoms with Crippen molar-refractivity contribution in [3.05, 3.63) is 23.8 Å². The van der Waals surface area contributed by atoms with Gasteiger partial charge in [0.1, 0.15) is 10.6 Å². The minimum atomic E-state index is -4.40. The molecule has 0 bridgehead atoms. The molecule has 1 aliphatic heterocycles. The number of amidine groups is 1. The lowest BCUT2D eigenvalue weighted by Gasteiger charge is -2.06. The van der Waals surface area contributed by atoms with Crippen LogP contribution < -0.4 is 10.1 Å². The second-order valence-electron chi connectivity index (χ2n) is 3.87. The molecule has 2 N–H and O–H groups in total. The van der Waals surface area contributed by atoms with Gasteiger partial charge in [0, 0.05) is 0 Å². The molecule has 0 aliphatic carbocycles. The minimum absolute atomic E-state index is 0.0274. The summed E-state index contributed by atoms with van der Waals surface area (Å²) in [6.45, 7) is 0. The van der Waals surface area contributed by atoms with Crippen LogP contribution in [0.25, 0.3) is 0 Å². The van der Waals surface area contributed by atoms with E-state index in [9.17, 15) is 13.2 Å². The van der Waals surface area contributed by atoms with Crippen molar-refractivity contribution in [1.29, 1.82) is 0 Å². The molecule has 8 nitrogen and oxygen atoms in total. The standard InChI is InChI=1S/C11H11N3O5S2/c1-19-8-3-2-7(4-9(8)21(16,17)18)5-12-14-11-13-10(15)6-20-11/h2-5H,6H2,1H3,(H,13,14,15)(H,16,17,18). The molecule has 2 rings (SSSR count). The van der Waals surface area contributed by atoms with Crippen LogP contribution in [0.5, 0.6) is 5.75 Å². The Morgan fingerprint density at radius 3 is 2.81 bits per heavy atom. The average Bonchev–Trinajstić information content (AvgIpc) is 2.83. The average molecular weight is 329 g/mol. The fourth-order valence-electron chi connectivity index (χ4n) is 1.50. The van der Waals surface area contributed by atoms with Crippen molar-refractivity contribution in [2.45, 2.75) is 4.90 Å². The number of amides is 1. The molecule has 0 aromatic heterocycles. The minimum Gasteiger partial charge on any atom is -0.495 e. The van der Waals surface area contributed by atoms with Gasteiger partial charge in [0.05, 0.1) is 19.1 Å². The molecule has 10 heteroatoms. The number of benzene rings is 1. The summed E-state index contributed by atoms with van der Waals surface area (Å²) in [4.78, 5) is 10.6. The molecule has 0 radical (unpaired) electrons. The first-order valence-electron chi connectivity index (χ1n) is 5.59. The Balaban J connectivity index is 2.23. The summed E-state index contributed by atoms with van der Waals surface area (Å²) in [6, 6.07) is 4.15. The van der Waals surface area contributed by atoms with E-state index in [4.69, 9.17) is 9.29 Å². The first-order valence-corrected chi connectivity index (χ1v) is 8.02. The van der Waals surface area contributed by atoms with E-state index in [-0.39, 0.29) is 16.6 Å². The van der Waals surface area contributed by atoms with Gasteiger partial charge in [-0.3, -0.25) is 9.35 Å². The monoisotopic (exact) mass is 329 g/mol. The Labute approximate surface area is 125 Å². The van der Waals surface area contributed by atoms with E-state index in [2.05, 4.69) is 15.5 Å². The van der Waals surface area contributed by atoms with E-state index in [0.717, 1.165) is 0 Å². The van der Waals surface area contributed by atoms with E-state index >= 15 is 0 Å². The number of thioether (sulfide) groups is 1. The summed E-state index contributed by atoms with van der Waals surface area (Å²) >= 11 is 1.22. The maximum Gasteiger partial charge on any atom is 0.298 e. The van der Waals surface area contributed by atoms with Crippen LogP contribution in [0.4, 0.5) is 0 Å². The summed E-state index contributed by atoms with van der Waals surface area (Å²) in [5.41, 5.74) is 0.405. The number of hydrogen-bond acceptors (Lipinski definition) is 7. The number of nitrogens with zero attached hydrogens (tertiary/aromatic N) is 2. The van der Waals surface area contributed by atoms with Crippen LogP contribution in [0.15, 0.2) is 33.3 Å². The van der Waals surface area contributed by atoms with Crippen molar-refractivity contribution in [3.8, 4) is 5.75 Å². The van der Waals surface area contributed by atoms with Crippen molar-refractivity contribution >= 4 is 39.2 Å². The number of carbonyl (C=O) groups excluding carboxylic acids is 1. The van der Waals surface area contributed by atoms with Crippen LogP contribution in [-0.2, 0) is 14.9 Å². The molecular weight excluding hydrogens is 318 g/mol. The fourth-order valence-corrected chi connectivity index (χ4v) is 2.82. The summed E-state index contributed by atoms with van der Waals surface area (Å²) in [6.07, 6.45) is 1.30. The SMILES string of the molecule is COc1ccc(C=NN=C2NC(=O)CS2)cc1S(=O)(=O)O. The Bertz CT molecular complexity index is 727. The Morgan fingerprint density at radius 1 is 1.48 bits per heavy atom. The third-order valence-corrected chi connectivity index (χ3v) is 4.15. The number of rotatable bonds is 4. The highest BCUT2D eigenvalue weighted by molar-refractivity contribution is 8.15. The van der Waals surface area contributed by atoms with E-state index in [1.165, 1.54) is 37.2 Å². The van der Waals surface area contributed by atoms with Crippen LogP contribution in [0.2, 0.25) is 0 Å². The smallest absolute Gasteiger partial charge is 0.298 e. The fraction of sp³-hybridized carbons (Fsp3) is 0.182. The van der Waals surface area contributed by atoms with E-state index in [1.807, 2.05) is 0 Å². The summed E-state index contributed by atoms with van der Waals surface area (Å²) in [7, 11) is -3.10. The molecule has 0 unspecified atom stereocenters. The molecule has 1 aromatic carbocycles. The highest BCUT2D eigenvalue weighted by atomic mass is 32.2. The molecular formula is C11H11N3O5S2. The largest absolute Gasteiger partial charge is 0.495 e. The van der Waals surface area contributed by atoms with Gasteiger partial charge in [0.15, 0.2) is 5.17 Å². The van der Waals surface area contributed by atoms with Gasteiger partial charge in [-0.25, -0.2) is 0 Å². The van der Waals surface area contributed by atoms with Crippen molar-refractivity contribution in [2.24, 2.45) is 10.2 Å². The molecule has 1 aromatic rings. The molecule has 0 spiro atoms. The number of hydrogen-bond donors (Lipinski definition) is 2. The summed E-state index contributed by atoms with van der Waals surface area (Å²) in [5, 5.41) is 10.4. The van der Waals surface area contributed by atoms with Crippen molar-refractivity contribution < 1.29 is 22.5 Å². The second kappa shape index (κ2) is 6.24. The number of nitrogens with one attached hydrogen (secondary N) is 1. The zero-order valence-electron chi connectivity index (χ0n) is 10.8. The van der Waals surface area contributed by atoms with Crippen LogP contribution in [0.3, 0.4) is 0 Å². The molecule has 1 fully saturated rings. The van der Waals surface area contributed by atoms with Gasteiger partial charge >= 0.3 is 0 Å². The lowest BCUT2D eigenvalue weighted by Crippen LogP contribution is -2.19. The van der Waals surface area contributed by atoms with E-state index < -0.39 is 10.1 Å². The van der Waals surface area contributed by atoms with Gasteiger partial charge in [-0.15, -0.1) is 5.10 Å². The lowest BCUT2D eigenvalue weighted by molar-refractivity contribution is -0.116. The summed E-state index contributed by atoms with van der Waals surface area (Å²) in [5.74, 6) is 0.177. The number of methoxy groups -OCH3 is 1.